The number of rotatable bonds is 5. The van der Waals surface area contributed by atoms with Gasteiger partial charge in [-0.05, 0) is 42.5 Å². The highest BCUT2D eigenvalue weighted by Gasteiger charge is 2.11. The van der Waals surface area contributed by atoms with E-state index in [2.05, 4.69) is 0 Å². The molecule has 0 fully saturated rings. The molecular weight excluding hydrogens is 377 g/mol. The molecule has 1 aromatic heterocycles. The van der Waals surface area contributed by atoms with Gasteiger partial charge in [-0.3, -0.25) is 14.9 Å². The van der Waals surface area contributed by atoms with Gasteiger partial charge >= 0.3 is 0 Å². The molecule has 0 atom stereocenters. The molecule has 26 heavy (non-hydrogen) atoms. The van der Waals surface area contributed by atoms with E-state index >= 15 is 0 Å². The zero-order valence-corrected chi connectivity index (χ0v) is 14.7. The molecule has 0 bridgehead atoms. The molecule has 3 aromatic rings. The number of non-ortho nitro benzene ring substituents is 1. The third kappa shape index (κ3) is 4.02. The summed E-state index contributed by atoms with van der Waals surface area (Å²) < 4.78 is 5.66. The maximum absolute atomic E-state index is 12.2. The Morgan fingerprint density at radius 1 is 1.08 bits per heavy atom. The van der Waals surface area contributed by atoms with Crippen molar-refractivity contribution in [3.05, 3.63) is 92.2 Å². The fraction of sp³-hybridized carbons (Fsp3) is 0. The molecule has 7 heteroatoms. The van der Waals surface area contributed by atoms with E-state index < -0.39 is 4.92 Å². The number of furan rings is 1. The highest BCUT2D eigenvalue weighted by Crippen LogP contribution is 2.32. The molecule has 3 rings (SSSR count). The lowest BCUT2D eigenvalue weighted by Crippen LogP contribution is -1.96. The van der Waals surface area contributed by atoms with Gasteiger partial charge < -0.3 is 4.42 Å². The molecule has 0 saturated heterocycles. The first-order chi connectivity index (χ1) is 12.4. The van der Waals surface area contributed by atoms with Crippen LogP contribution in [-0.2, 0) is 0 Å². The van der Waals surface area contributed by atoms with Crippen molar-refractivity contribution in [3.63, 3.8) is 0 Å². The number of carbonyl (C=O) groups excluding carboxylic acids is 1. The van der Waals surface area contributed by atoms with Gasteiger partial charge in [0.1, 0.15) is 11.5 Å². The zero-order chi connectivity index (χ0) is 18.7. The molecular formula is C19H11Cl2NO4. The van der Waals surface area contributed by atoms with E-state index in [4.69, 9.17) is 27.6 Å². The summed E-state index contributed by atoms with van der Waals surface area (Å²) in [5.74, 6) is 0.585. The van der Waals surface area contributed by atoms with Crippen LogP contribution in [0.4, 0.5) is 5.69 Å². The maximum atomic E-state index is 12.2. The number of carbonyl (C=O) groups is 1. The molecule has 0 spiro atoms. The van der Waals surface area contributed by atoms with E-state index in [1.165, 1.54) is 36.4 Å². The van der Waals surface area contributed by atoms with Crippen molar-refractivity contribution in [2.75, 3.05) is 0 Å². The minimum absolute atomic E-state index is 0.139. The van der Waals surface area contributed by atoms with Crippen molar-refractivity contribution < 1.29 is 14.1 Å². The molecule has 1 heterocycles. The number of nitro groups is 1. The second kappa shape index (κ2) is 7.56. The van der Waals surface area contributed by atoms with Crippen molar-refractivity contribution in [2.24, 2.45) is 0 Å². The summed E-state index contributed by atoms with van der Waals surface area (Å²) >= 11 is 12.1. The van der Waals surface area contributed by atoms with E-state index in [0.29, 0.717) is 27.1 Å². The highest BCUT2D eigenvalue weighted by atomic mass is 35.5. The molecule has 0 saturated carbocycles. The smallest absolute Gasteiger partial charge is 0.270 e. The van der Waals surface area contributed by atoms with Crippen LogP contribution in [-0.4, -0.2) is 10.7 Å². The number of halogens is 2. The fourth-order valence-electron chi connectivity index (χ4n) is 2.30. The van der Waals surface area contributed by atoms with Crippen LogP contribution < -0.4 is 0 Å². The molecule has 2 aromatic carbocycles. The van der Waals surface area contributed by atoms with Crippen molar-refractivity contribution in [2.45, 2.75) is 0 Å². The van der Waals surface area contributed by atoms with Crippen LogP contribution in [0.15, 0.2) is 65.1 Å². The summed E-state index contributed by atoms with van der Waals surface area (Å²) in [5, 5.41) is 11.8. The van der Waals surface area contributed by atoms with Crippen molar-refractivity contribution >= 4 is 40.7 Å². The third-order valence-corrected chi connectivity index (χ3v) is 4.13. The Morgan fingerprint density at radius 2 is 1.88 bits per heavy atom. The number of hydrogen-bond acceptors (Lipinski definition) is 4. The summed E-state index contributed by atoms with van der Waals surface area (Å²) in [6, 6.07) is 14.0. The maximum Gasteiger partial charge on any atom is 0.270 e. The Bertz CT molecular complexity index is 1020. The van der Waals surface area contributed by atoms with E-state index in [9.17, 15) is 14.9 Å². The van der Waals surface area contributed by atoms with E-state index in [0.717, 1.165) is 0 Å². The van der Waals surface area contributed by atoms with Crippen LogP contribution in [0, 0.1) is 10.1 Å². The summed E-state index contributed by atoms with van der Waals surface area (Å²) in [7, 11) is 0. The van der Waals surface area contributed by atoms with E-state index in [1.54, 1.807) is 30.3 Å². The molecule has 0 N–H and O–H groups in total. The van der Waals surface area contributed by atoms with Crippen molar-refractivity contribution in [1.29, 1.82) is 0 Å². The molecule has 0 aliphatic rings. The molecule has 5 nitrogen and oxygen atoms in total. The standard InChI is InChI=1S/C19H11Cl2NO4/c20-13-4-7-17(21)16(11-13)19-9-6-15(26-19)5-8-18(23)12-2-1-3-14(10-12)22(24)25/h1-11H. The molecule has 130 valence electrons. The Kier molecular flexibility index (Phi) is 5.21. The Morgan fingerprint density at radius 3 is 2.65 bits per heavy atom. The van der Waals surface area contributed by atoms with Gasteiger partial charge in [-0.25, -0.2) is 0 Å². The molecule has 0 amide bonds. The van der Waals surface area contributed by atoms with E-state index in [1.807, 2.05) is 0 Å². The lowest BCUT2D eigenvalue weighted by atomic mass is 10.1. The van der Waals surface area contributed by atoms with Gasteiger partial charge in [-0.15, -0.1) is 0 Å². The van der Waals surface area contributed by atoms with E-state index in [-0.39, 0.29) is 17.0 Å². The van der Waals surface area contributed by atoms with Gasteiger partial charge in [-0.1, -0.05) is 35.3 Å². The van der Waals surface area contributed by atoms with Crippen molar-refractivity contribution in [3.8, 4) is 11.3 Å². The van der Waals surface area contributed by atoms with Crippen molar-refractivity contribution in [1.82, 2.24) is 0 Å². The Balaban J connectivity index is 1.80. The number of nitro benzene ring substituents is 1. The van der Waals surface area contributed by atoms with Gasteiger partial charge in [-0.2, -0.15) is 0 Å². The Labute approximate surface area is 158 Å². The monoisotopic (exact) mass is 387 g/mol. The molecule has 0 aliphatic heterocycles. The van der Waals surface area contributed by atoms with Crippen LogP contribution in [0.3, 0.4) is 0 Å². The summed E-state index contributed by atoms with van der Waals surface area (Å²) in [6.07, 6.45) is 2.78. The molecule has 0 aliphatic carbocycles. The van der Waals surface area contributed by atoms with Gasteiger partial charge in [0, 0.05) is 28.3 Å². The number of ketones is 1. The zero-order valence-electron chi connectivity index (χ0n) is 13.2. The average Bonchev–Trinajstić information content (AvgIpc) is 3.10. The second-order valence-electron chi connectivity index (χ2n) is 5.33. The predicted octanol–water partition coefficient (Wildman–Crippen LogP) is 6.06. The number of hydrogen-bond donors (Lipinski definition) is 0. The quantitative estimate of drug-likeness (QED) is 0.231. The topological polar surface area (TPSA) is 73.3 Å². The molecule has 0 unspecified atom stereocenters. The lowest BCUT2D eigenvalue weighted by Gasteiger charge is -2.01. The number of nitrogens with zero attached hydrogens (tertiary/aromatic N) is 1. The van der Waals surface area contributed by atoms with Gasteiger partial charge in [0.25, 0.3) is 5.69 Å². The minimum atomic E-state index is -0.548. The first kappa shape index (κ1) is 17.9. The van der Waals surface area contributed by atoms with Crippen LogP contribution in [0.5, 0.6) is 0 Å². The normalized spacial score (nSPS) is 11.0. The average molecular weight is 388 g/mol. The van der Waals surface area contributed by atoms with Gasteiger partial charge in [0.15, 0.2) is 5.78 Å². The van der Waals surface area contributed by atoms with Crippen LogP contribution in [0.2, 0.25) is 10.0 Å². The van der Waals surface area contributed by atoms with Gasteiger partial charge in [0.05, 0.1) is 9.95 Å². The number of allylic oxidation sites excluding steroid dienone is 1. The number of benzene rings is 2. The highest BCUT2D eigenvalue weighted by molar-refractivity contribution is 6.35. The Hall–Kier alpha value is -2.89. The first-order valence-corrected chi connectivity index (χ1v) is 8.22. The second-order valence-corrected chi connectivity index (χ2v) is 6.17. The van der Waals surface area contributed by atoms with Gasteiger partial charge in [0.2, 0.25) is 0 Å². The third-order valence-electron chi connectivity index (χ3n) is 3.56. The SMILES string of the molecule is O=C(C=Cc1ccc(-c2cc(Cl)ccc2Cl)o1)c1cccc([N+](=O)[O-])c1. The van der Waals surface area contributed by atoms with Crippen LogP contribution in [0.25, 0.3) is 17.4 Å². The lowest BCUT2D eigenvalue weighted by molar-refractivity contribution is -0.384. The largest absolute Gasteiger partial charge is 0.457 e. The molecule has 0 radical (unpaired) electrons. The summed E-state index contributed by atoms with van der Waals surface area (Å²) in [5.41, 5.74) is 0.726. The van der Waals surface area contributed by atoms with Crippen LogP contribution in [0.1, 0.15) is 16.1 Å². The van der Waals surface area contributed by atoms with Crippen LogP contribution >= 0.6 is 23.2 Å². The summed E-state index contributed by atoms with van der Waals surface area (Å²) in [6.45, 7) is 0. The fourth-order valence-corrected chi connectivity index (χ4v) is 2.68. The summed E-state index contributed by atoms with van der Waals surface area (Å²) in [4.78, 5) is 22.4. The minimum Gasteiger partial charge on any atom is -0.457 e. The predicted molar refractivity (Wildman–Crippen MR) is 101 cm³/mol. The first-order valence-electron chi connectivity index (χ1n) is 7.46.